The van der Waals surface area contributed by atoms with E-state index in [0.29, 0.717) is 25.9 Å². The number of likely N-dealkylation sites (tertiary alicyclic amines) is 1. The Labute approximate surface area is 130 Å². The zero-order valence-corrected chi connectivity index (χ0v) is 13.4. The molecule has 2 amide bonds. The molecule has 4 nitrogen and oxygen atoms in total. The van der Waals surface area contributed by atoms with E-state index in [2.05, 4.69) is 0 Å². The zero-order chi connectivity index (χ0) is 16.3. The van der Waals surface area contributed by atoms with E-state index in [4.69, 9.17) is 0 Å². The molecule has 2 rings (SSSR count). The average Bonchev–Trinajstić information content (AvgIpc) is 2.52. The summed E-state index contributed by atoms with van der Waals surface area (Å²) in [5.74, 6) is -0.496. The maximum Gasteiger partial charge on any atom is 0.228 e. The number of nitrogens with zero attached hydrogens (tertiary/aromatic N) is 2. The van der Waals surface area contributed by atoms with E-state index in [1.165, 1.54) is 12.1 Å². The molecule has 0 aliphatic carbocycles. The van der Waals surface area contributed by atoms with E-state index in [0.717, 1.165) is 5.56 Å². The van der Waals surface area contributed by atoms with Crippen LogP contribution in [0.3, 0.4) is 0 Å². The summed E-state index contributed by atoms with van der Waals surface area (Å²) in [5.41, 5.74) is 0.808. The first-order chi connectivity index (χ1) is 10.5. The van der Waals surface area contributed by atoms with Crippen LogP contribution in [-0.2, 0) is 9.59 Å². The second kappa shape index (κ2) is 6.90. The molecule has 5 heteroatoms. The Kier molecular flexibility index (Phi) is 5.16. The van der Waals surface area contributed by atoms with Crippen molar-refractivity contribution >= 4 is 11.8 Å². The lowest BCUT2D eigenvalue weighted by molar-refractivity contribution is -0.146. The number of piperidine rings is 1. The van der Waals surface area contributed by atoms with Crippen LogP contribution in [0.2, 0.25) is 0 Å². The number of benzene rings is 1. The summed E-state index contributed by atoms with van der Waals surface area (Å²) in [6, 6.07) is 5.76. The van der Waals surface area contributed by atoms with E-state index < -0.39 is 0 Å². The average molecular weight is 306 g/mol. The number of rotatable bonds is 4. The molecule has 1 saturated heterocycles. The Morgan fingerprint density at radius 3 is 2.41 bits per heavy atom. The van der Waals surface area contributed by atoms with Gasteiger partial charge in [-0.15, -0.1) is 0 Å². The van der Waals surface area contributed by atoms with Gasteiger partial charge in [0.05, 0.1) is 12.0 Å². The molecule has 0 saturated carbocycles. The molecule has 1 aromatic rings. The van der Waals surface area contributed by atoms with Gasteiger partial charge in [0.25, 0.3) is 0 Å². The van der Waals surface area contributed by atoms with Crippen LogP contribution >= 0.6 is 0 Å². The number of hydrogen-bond donors (Lipinski definition) is 0. The van der Waals surface area contributed by atoms with Gasteiger partial charge in [0.1, 0.15) is 5.82 Å². The van der Waals surface area contributed by atoms with Crippen molar-refractivity contribution in [3.05, 3.63) is 35.6 Å². The largest absolute Gasteiger partial charge is 0.343 e. The second-order valence-electron chi connectivity index (χ2n) is 5.66. The summed E-state index contributed by atoms with van der Waals surface area (Å²) in [6.07, 6.45) is 0.923. The fourth-order valence-corrected chi connectivity index (χ4v) is 3.18. The minimum Gasteiger partial charge on any atom is -0.343 e. The Hall–Kier alpha value is -1.91. The van der Waals surface area contributed by atoms with Crippen molar-refractivity contribution in [2.45, 2.75) is 32.7 Å². The number of hydrogen-bond acceptors (Lipinski definition) is 2. The third-order valence-corrected chi connectivity index (χ3v) is 4.46. The summed E-state index contributed by atoms with van der Waals surface area (Å²) < 4.78 is 13.2. The SMILES string of the molecule is CCN(CC)C(=O)[C@@H]1CCC(=O)N(C)[C@H]1c1ccc(F)cc1. The predicted molar refractivity (Wildman–Crippen MR) is 82.6 cm³/mol. The molecule has 1 heterocycles. The maximum atomic E-state index is 13.2. The molecule has 1 fully saturated rings. The van der Waals surface area contributed by atoms with Crippen molar-refractivity contribution in [3.63, 3.8) is 0 Å². The van der Waals surface area contributed by atoms with Gasteiger partial charge in [-0.3, -0.25) is 9.59 Å². The molecule has 1 aliphatic rings. The molecular formula is C17H23FN2O2. The molecule has 120 valence electrons. The van der Waals surface area contributed by atoms with Gasteiger partial charge < -0.3 is 9.80 Å². The fourth-order valence-electron chi connectivity index (χ4n) is 3.18. The quantitative estimate of drug-likeness (QED) is 0.858. The van der Waals surface area contributed by atoms with Gasteiger partial charge >= 0.3 is 0 Å². The second-order valence-corrected chi connectivity index (χ2v) is 5.66. The van der Waals surface area contributed by atoms with Gasteiger partial charge in [0.15, 0.2) is 0 Å². The molecule has 0 aromatic heterocycles. The van der Waals surface area contributed by atoms with Crippen molar-refractivity contribution in [1.82, 2.24) is 9.80 Å². The minimum absolute atomic E-state index is 0.0259. The van der Waals surface area contributed by atoms with Crippen molar-refractivity contribution < 1.29 is 14.0 Å². The molecule has 1 aliphatic heterocycles. The summed E-state index contributed by atoms with van der Waals surface area (Å²) >= 11 is 0. The van der Waals surface area contributed by atoms with E-state index >= 15 is 0 Å². The molecule has 0 spiro atoms. The first-order valence-electron chi connectivity index (χ1n) is 7.79. The van der Waals surface area contributed by atoms with Crippen LogP contribution in [0.1, 0.15) is 38.3 Å². The predicted octanol–water partition coefficient (Wildman–Crippen LogP) is 2.60. The van der Waals surface area contributed by atoms with Crippen molar-refractivity contribution in [3.8, 4) is 0 Å². The Balaban J connectivity index is 2.35. The van der Waals surface area contributed by atoms with E-state index in [-0.39, 0.29) is 29.6 Å². The van der Waals surface area contributed by atoms with E-state index in [1.54, 1.807) is 29.0 Å². The Morgan fingerprint density at radius 1 is 1.27 bits per heavy atom. The Bertz CT molecular complexity index is 540. The third-order valence-electron chi connectivity index (χ3n) is 4.46. The summed E-state index contributed by atoms with van der Waals surface area (Å²) in [4.78, 5) is 28.3. The van der Waals surface area contributed by atoms with Gasteiger partial charge in [-0.05, 0) is 38.0 Å². The van der Waals surface area contributed by atoms with Crippen LogP contribution in [0.5, 0.6) is 0 Å². The van der Waals surface area contributed by atoms with Crippen LogP contribution in [-0.4, -0.2) is 41.8 Å². The Morgan fingerprint density at radius 2 is 1.86 bits per heavy atom. The minimum atomic E-state index is -0.324. The molecule has 0 unspecified atom stereocenters. The number of halogens is 1. The zero-order valence-electron chi connectivity index (χ0n) is 13.4. The summed E-state index contributed by atoms with van der Waals surface area (Å²) in [5, 5.41) is 0. The van der Waals surface area contributed by atoms with Crippen LogP contribution in [0, 0.1) is 11.7 Å². The smallest absolute Gasteiger partial charge is 0.228 e. The first kappa shape index (κ1) is 16.5. The topological polar surface area (TPSA) is 40.6 Å². The fraction of sp³-hybridized carbons (Fsp3) is 0.529. The summed E-state index contributed by atoms with van der Waals surface area (Å²) in [6.45, 7) is 5.21. The lowest BCUT2D eigenvalue weighted by atomic mass is 9.83. The molecule has 2 atom stereocenters. The van der Waals surface area contributed by atoms with Crippen molar-refractivity contribution in [2.75, 3.05) is 20.1 Å². The van der Waals surface area contributed by atoms with Gasteiger partial charge in [0.2, 0.25) is 11.8 Å². The maximum absolute atomic E-state index is 13.2. The molecule has 22 heavy (non-hydrogen) atoms. The normalized spacial score (nSPS) is 21.8. The van der Waals surface area contributed by atoms with Gasteiger partial charge in [-0.2, -0.15) is 0 Å². The standard InChI is InChI=1S/C17H23FN2O2/c1-4-20(5-2)17(22)14-10-11-15(21)19(3)16(14)12-6-8-13(18)9-7-12/h6-9,14,16H,4-5,10-11H2,1-3H3/t14-,16+/m1/s1. The van der Waals surface area contributed by atoms with Gasteiger partial charge in [-0.25, -0.2) is 4.39 Å². The van der Waals surface area contributed by atoms with E-state index in [9.17, 15) is 14.0 Å². The first-order valence-corrected chi connectivity index (χ1v) is 7.79. The number of carbonyl (C=O) groups excluding carboxylic acids is 2. The highest BCUT2D eigenvalue weighted by molar-refractivity contribution is 5.85. The van der Waals surface area contributed by atoms with Crippen LogP contribution in [0.25, 0.3) is 0 Å². The molecule has 0 N–H and O–H groups in total. The van der Waals surface area contributed by atoms with Crippen molar-refractivity contribution in [1.29, 1.82) is 0 Å². The van der Waals surface area contributed by atoms with E-state index in [1.807, 2.05) is 13.8 Å². The van der Waals surface area contributed by atoms with Crippen molar-refractivity contribution in [2.24, 2.45) is 5.92 Å². The third kappa shape index (κ3) is 3.13. The monoisotopic (exact) mass is 306 g/mol. The lowest BCUT2D eigenvalue weighted by Crippen LogP contribution is -2.47. The lowest BCUT2D eigenvalue weighted by Gasteiger charge is -2.40. The van der Waals surface area contributed by atoms with Gasteiger partial charge in [0, 0.05) is 26.6 Å². The number of amides is 2. The summed E-state index contributed by atoms with van der Waals surface area (Å²) in [7, 11) is 1.72. The van der Waals surface area contributed by atoms with Gasteiger partial charge in [-0.1, -0.05) is 12.1 Å². The molecular weight excluding hydrogens is 283 g/mol. The van der Waals surface area contributed by atoms with Crippen LogP contribution in [0.4, 0.5) is 4.39 Å². The highest BCUT2D eigenvalue weighted by Crippen LogP contribution is 2.36. The highest BCUT2D eigenvalue weighted by Gasteiger charge is 2.40. The molecule has 0 radical (unpaired) electrons. The number of carbonyl (C=O) groups is 2. The highest BCUT2D eigenvalue weighted by atomic mass is 19.1. The van der Waals surface area contributed by atoms with Crippen LogP contribution < -0.4 is 0 Å². The van der Waals surface area contributed by atoms with Crippen LogP contribution in [0.15, 0.2) is 24.3 Å². The molecule has 0 bridgehead atoms. The molecule has 1 aromatic carbocycles.